The Labute approximate surface area is 258 Å². The zero-order chi connectivity index (χ0) is 30.5. The Hall–Kier alpha value is -5.21. The molecule has 5 aromatic rings. The molecule has 1 atom stereocenters. The van der Waals surface area contributed by atoms with E-state index in [1.807, 2.05) is 115 Å². The van der Waals surface area contributed by atoms with Crippen LogP contribution in [0.2, 0.25) is 0 Å². The summed E-state index contributed by atoms with van der Waals surface area (Å²) in [6.45, 7) is 2.41. The third-order valence-electron chi connectivity index (χ3n) is 7.21. The summed E-state index contributed by atoms with van der Waals surface area (Å²) in [6, 6.07) is 33.7. The quantitative estimate of drug-likeness (QED) is 0.208. The van der Waals surface area contributed by atoms with E-state index < -0.39 is 12.0 Å². The van der Waals surface area contributed by atoms with Crippen LogP contribution in [0.4, 0.5) is 0 Å². The largest absolute Gasteiger partial charge is 0.497 e. The molecule has 44 heavy (non-hydrogen) atoms. The van der Waals surface area contributed by atoms with Gasteiger partial charge in [0.1, 0.15) is 18.1 Å². The molecule has 8 heteroatoms. The Balaban J connectivity index is 1.46. The standard InChI is InChI=1S/C36H30N2O5S/c1-3-42-35(40)31-32(26-13-8-5-9-14-26)37-36-38(33(31)27-15-10-16-29(22-27)41-2)34(39)30(44-36)21-24-17-19-28(20-18-24)43-23-25-11-6-4-7-12-25/h4-22,33H,3,23H2,1-2H3/b30-21-. The Bertz CT molecular complexity index is 2000. The second-order valence-corrected chi connectivity index (χ2v) is 11.1. The van der Waals surface area contributed by atoms with E-state index >= 15 is 0 Å². The van der Waals surface area contributed by atoms with Crippen molar-refractivity contribution in [2.75, 3.05) is 13.7 Å². The maximum absolute atomic E-state index is 14.1. The highest BCUT2D eigenvalue weighted by molar-refractivity contribution is 7.07. The number of aromatic nitrogens is 1. The molecule has 0 amide bonds. The second kappa shape index (κ2) is 13.0. The molecular formula is C36H30N2O5S. The molecule has 1 aliphatic rings. The summed E-state index contributed by atoms with van der Waals surface area (Å²) in [5, 5.41) is 0. The average Bonchev–Trinajstić information content (AvgIpc) is 3.38. The predicted octanol–water partition coefficient (Wildman–Crippen LogP) is 5.52. The summed E-state index contributed by atoms with van der Waals surface area (Å²) in [6.07, 6.45) is 1.84. The van der Waals surface area contributed by atoms with Gasteiger partial charge < -0.3 is 14.2 Å². The normalized spacial score (nSPS) is 14.5. The molecule has 0 bridgehead atoms. The van der Waals surface area contributed by atoms with Crippen molar-refractivity contribution in [3.05, 3.63) is 157 Å². The first-order chi connectivity index (χ1) is 21.6. The number of nitrogens with zero attached hydrogens (tertiary/aromatic N) is 2. The summed E-state index contributed by atoms with van der Waals surface area (Å²) in [4.78, 5) is 33.1. The maximum atomic E-state index is 14.1. The van der Waals surface area contributed by atoms with Gasteiger partial charge in [-0.25, -0.2) is 9.79 Å². The van der Waals surface area contributed by atoms with E-state index in [9.17, 15) is 9.59 Å². The van der Waals surface area contributed by atoms with E-state index in [2.05, 4.69) is 0 Å². The Morgan fingerprint density at radius 2 is 1.64 bits per heavy atom. The van der Waals surface area contributed by atoms with Crippen LogP contribution in [0.3, 0.4) is 0 Å². The zero-order valence-electron chi connectivity index (χ0n) is 24.3. The summed E-state index contributed by atoms with van der Waals surface area (Å²) in [5.41, 5.74) is 3.92. The number of ether oxygens (including phenoxy) is 3. The van der Waals surface area contributed by atoms with Gasteiger partial charge in [-0.15, -0.1) is 0 Å². The van der Waals surface area contributed by atoms with Gasteiger partial charge in [0, 0.05) is 5.56 Å². The molecule has 6 rings (SSSR count). The fourth-order valence-corrected chi connectivity index (χ4v) is 6.12. The molecule has 1 unspecified atom stereocenters. The van der Waals surface area contributed by atoms with Gasteiger partial charge in [-0.3, -0.25) is 9.36 Å². The van der Waals surface area contributed by atoms with Crippen LogP contribution in [0, 0.1) is 0 Å². The smallest absolute Gasteiger partial charge is 0.338 e. The van der Waals surface area contributed by atoms with Gasteiger partial charge in [0.05, 0.1) is 35.6 Å². The Morgan fingerprint density at radius 1 is 0.909 bits per heavy atom. The summed E-state index contributed by atoms with van der Waals surface area (Å²) in [5.74, 6) is 0.820. The monoisotopic (exact) mass is 602 g/mol. The van der Waals surface area contributed by atoms with E-state index in [0.717, 1.165) is 22.4 Å². The lowest BCUT2D eigenvalue weighted by atomic mass is 9.93. The van der Waals surface area contributed by atoms with Crippen molar-refractivity contribution >= 4 is 29.1 Å². The highest BCUT2D eigenvalue weighted by Gasteiger charge is 2.35. The van der Waals surface area contributed by atoms with Gasteiger partial charge in [0.2, 0.25) is 0 Å². The Kier molecular flexibility index (Phi) is 8.52. The third kappa shape index (κ3) is 5.98. The van der Waals surface area contributed by atoms with Crippen LogP contribution in [0.1, 0.15) is 35.2 Å². The molecule has 0 N–H and O–H groups in total. The fraction of sp³-hybridized carbons (Fsp3) is 0.139. The van der Waals surface area contributed by atoms with Crippen LogP contribution in [0.5, 0.6) is 11.5 Å². The number of methoxy groups -OCH3 is 1. The van der Waals surface area contributed by atoms with E-state index in [0.29, 0.717) is 38.5 Å². The molecule has 220 valence electrons. The van der Waals surface area contributed by atoms with Crippen LogP contribution in [-0.2, 0) is 16.1 Å². The second-order valence-electron chi connectivity index (χ2n) is 10.1. The number of benzene rings is 4. The zero-order valence-corrected chi connectivity index (χ0v) is 25.1. The molecule has 1 aliphatic heterocycles. The molecule has 0 aliphatic carbocycles. The van der Waals surface area contributed by atoms with Crippen molar-refractivity contribution in [1.29, 1.82) is 0 Å². The van der Waals surface area contributed by atoms with Crippen molar-refractivity contribution in [2.45, 2.75) is 19.6 Å². The SMILES string of the molecule is CCOC(=O)C1=C(c2ccccc2)N=c2s/c(=C\c3ccc(OCc4ccccc4)cc3)c(=O)n2C1c1cccc(OC)c1. The van der Waals surface area contributed by atoms with E-state index in [4.69, 9.17) is 19.2 Å². The van der Waals surface area contributed by atoms with Crippen molar-refractivity contribution in [2.24, 2.45) is 4.99 Å². The number of fused-ring (bicyclic) bond motifs is 1. The van der Waals surface area contributed by atoms with Gasteiger partial charge in [-0.2, -0.15) is 0 Å². The summed E-state index contributed by atoms with van der Waals surface area (Å²) in [7, 11) is 1.58. The Morgan fingerprint density at radius 3 is 2.34 bits per heavy atom. The highest BCUT2D eigenvalue weighted by Crippen LogP contribution is 2.36. The molecule has 2 heterocycles. The van der Waals surface area contributed by atoms with Crippen molar-refractivity contribution in [3.8, 4) is 11.5 Å². The first kappa shape index (κ1) is 28.9. The minimum atomic E-state index is -0.772. The molecule has 0 radical (unpaired) electrons. The average molecular weight is 603 g/mol. The molecule has 4 aromatic carbocycles. The lowest BCUT2D eigenvalue weighted by Gasteiger charge is -2.26. The van der Waals surface area contributed by atoms with Gasteiger partial charge in [0.25, 0.3) is 5.56 Å². The van der Waals surface area contributed by atoms with Gasteiger partial charge >= 0.3 is 5.97 Å². The van der Waals surface area contributed by atoms with E-state index in [-0.39, 0.29) is 12.2 Å². The molecule has 7 nitrogen and oxygen atoms in total. The topological polar surface area (TPSA) is 79.1 Å². The van der Waals surface area contributed by atoms with Crippen molar-refractivity contribution < 1.29 is 19.0 Å². The molecule has 0 spiro atoms. The molecular weight excluding hydrogens is 572 g/mol. The number of thiazole rings is 1. The van der Waals surface area contributed by atoms with Crippen LogP contribution in [0.15, 0.2) is 125 Å². The van der Waals surface area contributed by atoms with Crippen LogP contribution < -0.4 is 24.4 Å². The maximum Gasteiger partial charge on any atom is 0.338 e. The first-order valence-corrected chi connectivity index (χ1v) is 15.1. The third-order valence-corrected chi connectivity index (χ3v) is 8.19. The lowest BCUT2D eigenvalue weighted by Crippen LogP contribution is -2.40. The molecule has 1 aromatic heterocycles. The van der Waals surface area contributed by atoms with Gasteiger partial charge in [-0.05, 0) is 54.0 Å². The number of carbonyl (C=O) groups excluding carboxylic acids is 1. The van der Waals surface area contributed by atoms with Crippen LogP contribution >= 0.6 is 11.3 Å². The first-order valence-electron chi connectivity index (χ1n) is 14.2. The molecule has 0 saturated heterocycles. The predicted molar refractivity (Wildman–Crippen MR) is 171 cm³/mol. The minimum Gasteiger partial charge on any atom is -0.497 e. The summed E-state index contributed by atoms with van der Waals surface area (Å²) < 4.78 is 19.0. The van der Waals surface area contributed by atoms with Crippen molar-refractivity contribution in [1.82, 2.24) is 4.57 Å². The number of rotatable bonds is 9. The van der Waals surface area contributed by atoms with E-state index in [1.54, 1.807) is 18.6 Å². The minimum absolute atomic E-state index is 0.185. The highest BCUT2D eigenvalue weighted by atomic mass is 32.1. The summed E-state index contributed by atoms with van der Waals surface area (Å²) >= 11 is 1.28. The van der Waals surface area contributed by atoms with Crippen molar-refractivity contribution in [3.63, 3.8) is 0 Å². The number of esters is 1. The fourth-order valence-electron chi connectivity index (χ4n) is 5.12. The van der Waals surface area contributed by atoms with E-state index in [1.165, 1.54) is 11.3 Å². The van der Waals surface area contributed by atoms with Crippen LogP contribution in [-0.4, -0.2) is 24.3 Å². The van der Waals surface area contributed by atoms with Crippen LogP contribution in [0.25, 0.3) is 11.8 Å². The number of hydrogen-bond donors (Lipinski definition) is 0. The lowest BCUT2D eigenvalue weighted by molar-refractivity contribution is -0.138. The van der Waals surface area contributed by atoms with Gasteiger partial charge in [-0.1, -0.05) is 96.3 Å². The molecule has 0 fully saturated rings. The number of hydrogen-bond acceptors (Lipinski definition) is 7. The molecule has 0 saturated carbocycles. The van der Waals surface area contributed by atoms with Gasteiger partial charge in [0.15, 0.2) is 4.80 Å². The number of carbonyl (C=O) groups is 1.